The van der Waals surface area contributed by atoms with Crippen molar-refractivity contribution in [2.45, 2.75) is 31.0 Å². The van der Waals surface area contributed by atoms with Gasteiger partial charge in [-0.25, -0.2) is 8.42 Å². The zero-order valence-electron chi connectivity index (χ0n) is 17.9. The summed E-state index contributed by atoms with van der Waals surface area (Å²) in [6.07, 6.45) is 1.17. The first-order chi connectivity index (χ1) is 15.3. The number of amides is 2. The topological polar surface area (TPSA) is 127 Å². The van der Waals surface area contributed by atoms with E-state index in [1.165, 1.54) is 23.5 Å². The summed E-state index contributed by atoms with van der Waals surface area (Å²) in [5.41, 5.74) is 1.29. The van der Waals surface area contributed by atoms with Crippen LogP contribution in [0.25, 0.3) is 0 Å². The second-order valence-electron chi connectivity index (χ2n) is 7.14. The van der Waals surface area contributed by atoms with Crippen LogP contribution in [-0.2, 0) is 30.9 Å². The van der Waals surface area contributed by atoms with Crippen molar-refractivity contribution in [3.05, 3.63) is 53.9 Å². The maximum absolute atomic E-state index is 13.2. The average Bonchev–Trinajstić information content (AvgIpc) is 2.81. The second-order valence-corrected chi connectivity index (χ2v) is 9.03. The van der Waals surface area contributed by atoms with Gasteiger partial charge >= 0.3 is 11.8 Å². The number of hydrogen-bond acceptors (Lipinski definition) is 7. The van der Waals surface area contributed by atoms with Gasteiger partial charge in [0.05, 0.1) is 37.4 Å². The zero-order valence-corrected chi connectivity index (χ0v) is 18.7. The summed E-state index contributed by atoms with van der Waals surface area (Å²) in [6, 6.07) is 9.83. The molecular formula is C21H26N4O6S. The fourth-order valence-corrected chi connectivity index (χ4v) is 4.91. The number of pyridine rings is 1. The van der Waals surface area contributed by atoms with E-state index in [0.717, 1.165) is 0 Å². The molecule has 10 nitrogen and oxygen atoms in total. The van der Waals surface area contributed by atoms with E-state index in [0.29, 0.717) is 30.0 Å². The molecule has 1 aromatic carbocycles. The number of carbonyl (C=O) groups excluding carboxylic acids is 2. The van der Waals surface area contributed by atoms with Crippen molar-refractivity contribution in [1.29, 1.82) is 0 Å². The number of aromatic nitrogens is 1. The van der Waals surface area contributed by atoms with Crippen LogP contribution in [0.4, 0.5) is 0 Å². The number of benzene rings is 1. The van der Waals surface area contributed by atoms with Crippen LogP contribution in [0.3, 0.4) is 0 Å². The smallest absolute Gasteiger partial charge is 0.309 e. The van der Waals surface area contributed by atoms with Gasteiger partial charge in [0.2, 0.25) is 10.0 Å². The third kappa shape index (κ3) is 5.61. The number of sulfonamides is 1. The van der Waals surface area contributed by atoms with Crippen LogP contribution in [0.1, 0.15) is 17.7 Å². The van der Waals surface area contributed by atoms with Gasteiger partial charge in [-0.3, -0.25) is 14.6 Å². The van der Waals surface area contributed by atoms with Gasteiger partial charge in [0.25, 0.3) is 0 Å². The van der Waals surface area contributed by atoms with Gasteiger partial charge in [0, 0.05) is 12.7 Å². The minimum Gasteiger partial charge on any atom is -0.496 e. The summed E-state index contributed by atoms with van der Waals surface area (Å²) in [5, 5.41) is 4.92. The standard InChI is InChI=1S/C21H26N4O6S/c1-15-12-17(7-8-18(15)30-2)32(28,29)25-10-5-11-31-19(25)14-24-21(27)20(26)23-13-16-6-3-4-9-22-16/h3-4,6-9,12,19H,5,10-11,13-14H2,1-2H3,(H,23,26)(H,24,27)/t19-/m0/s1. The minimum absolute atomic E-state index is 0.102. The van der Waals surface area contributed by atoms with E-state index in [1.54, 1.807) is 37.4 Å². The van der Waals surface area contributed by atoms with Crippen molar-refractivity contribution in [1.82, 2.24) is 19.9 Å². The fraction of sp³-hybridized carbons (Fsp3) is 0.381. The van der Waals surface area contributed by atoms with Gasteiger partial charge in [0.15, 0.2) is 0 Å². The predicted octanol–water partition coefficient (Wildman–Crippen LogP) is 0.568. The van der Waals surface area contributed by atoms with Crippen LogP contribution < -0.4 is 15.4 Å². The van der Waals surface area contributed by atoms with Crippen molar-refractivity contribution >= 4 is 21.8 Å². The summed E-state index contributed by atoms with van der Waals surface area (Å²) in [4.78, 5) is 28.4. The Balaban J connectivity index is 1.63. The third-order valence-electron chi connectivity index (χ3n) is 4.93. The monoisotopic (exact) mass is 462 g/mol. The minimum atomic E-state index is -3.88. The number of ether oxygens (including phenoxy) is 2. The molecule has 0 spiro atoms. The Labute approximate surface area is 187 Å². The Bertz CT molecular complexity index is 1060. The van der Waals surface area contributed by atoms with Gasteiger partial charge < -0.3 is 20.1 Å². The first-order valence-corrected chi connectivity index (χ1v) is 11.5. The Hall–Kier alpha value is -3.02. The molecule has 11 heteroatoms. The van der Waals surface area contributed by atoms with E-state index in [4.69, 9.17) is 9.47 Å². The lowest BCUT2D eigenvalue weighted by atomic mass is 10.2. The molecule has 1 aliphatic heterocycles. The van der Waals surface area contributed by atoms with Crippen molar-refractivity contribution in [2.75, 3.05) is 26.8 Å². The number of rotatable bonds is 7. The average molecular weight is 463 g/mol. The Kier molecular flexibility index (Phi) is 7.78. The van der Waals surface area contributed by atoms with Crippen LogP contribution in [0, 0.1) is 6.92 Å². The molecule has 2 N–H and O–H groups in total. The molecule has 0 bridgehead atoms. The fourth-order valence-electron chi connectivity index (χ4n) is 3.26. The number of methoxy groups -OCH3 is 1. The molecule has 2 aromatic rings. The van der Waals surface area contributed by atoms with Crippen molar-refractivity contribution in [3.63, 3.8) is 0 Å². The van der Waals surface area contributed by atoms with E-state index in [1.807, 2.05) is 0 Å². The van der Waals surface area contributed by atoms with E-state index in [-0.39, 0.29) is 24.5 Å². The number of carbonyl (C=O) groups is 2. The van der Waals surface area contributed by atoms with Crippen LogP contribution in [0.2, 0.25) is 0 Å². The molecule has 1 aliphatic rings. The first kappa shape index (κ1) is 23.6. The summed E-state index contributed by atoms with van der Waals surface area (Å²) in [5.74, 6) is -1.14. The van der Waals surface area contributed by atoms with Gasteiger partial charge in [0.1, 0.15) is 12.0 Å². The molecule has 2 amide bonds. The molecule has 0 aliphatic carbocycles. The van der Waals surface area contributed by atoms with E-state index in [9.17, 15) is 18.0 Å². The lowest BCUT2D eigenvalue weighted by Crippen LogP contribution is -2.53. The molecule has 3 rings (SSSR count). The molecule has 0 saturated carbocycles. The normalized spacial score (nSPS) is 16.9. The number of hydrogen-bond donors (Lipinski definition) is 2. The molecule has 172 valence electrons. The van der Waals surface area contributed by atoms with Crippen LogP contribution in [0.15, 0.2) is 47.5 Å². The quantitative estimate of drug-likeness (QED) is 0.576. The van der Waals surface area contributed by atoms with Gasteiger partial charge in [-0.2, -0.15) is 4.31 Å². The van der Waals surface area contributed by atoms with Gasteiger partial charge in [-0.05, 0) is 49.2 Å². The maximum atomic E-state index is 13.2. The van der Waals surface area contributed by atoms with Gasteiger partial charge in [-0.1, -0.05) is 6.07 Å². The Morgan fingerprint density at radius 1 is 1.22 bits per heavy atom. The largest absolute Gasteiger partial charge is 0.496 e. The summed E-state index contributed by atoms with van der Waals surface area (Å²) >= 11 is 0. The SMILES string of the molecule is COc1ccc(S(=O)(=O)N2CCCO[C@H]2CNC(=O)C(=O)NCc2ccccn2)cc1C. The lowest BCUT2D eigenvalue weighted by molar-refractivity contribution is -0.140. The molecule has 2 heterocycles. The van der Waals surface area contributed by atoms with Crippen LogP contribution >= 0.6 is 0 Å². The molecule has 0 radical (unpaired) electrons. The molecule has 32 heavy (non-hydrogen) atoms. The highest BCUT2D eigenvalue weighted by Gasteiger charge is 2.35. The lowest BCUT2D eigenvalue weighted by Gasteiger charge is -2.34. The summed E-state index contributed by atoms with van der Waals surface area (Å²) in [7, 11) is -2.37. The third-order valence-corrected chi connectivity index (χ3v) is 6.81. The van der Waals surface area contributed by atoms with Crippen LogP contribution in [-0.4, -0.2) is 62.6 Å². The van der Waals surface area contributed by atoms with E-state index < -0.39 is 28.1 Å². The maximum Gasteiger partial charge on any atom is 0.309 e. The number of nitrogens with one attached hydrogen (secondary N) is 2. The van der Waals surface area contributed by atoms with Gasteiger partial charge in [-0.15, -0.1) is 0 Å². The van der Waals surface area contributed by atoms with Crippen LogP contribution in [0.5, 0.6) is 5.75 Å². The van der Waals surface area contributed by atoms with Crippen molar-refractivity contribution in [3.8, 4) is 5.75 Å². The molecule has 1 saturated heterocycles. The number of nitrogens with zero attached hydrogens (tertiary/aromatic N) is 2. The summed E-state index contributed by atoms with van der Waals surface area (Å²) < 4.78 is 38.4. The highest BCUT2D eigenvalue weighted by Crippen LogP contribution is 2.26. The zero-order chi connectivity index (χ0) is 23.1. The highest BCUT2D eigenvalue weighted by molar-refractivity contribution is 7.89. The molecule has 1 atom stereocenters. The highest BCUT2D eigenvalue weighted by atomic mass is 32.2. The van der Waals surface area contributed by atoms with E-state index >= 15 is 0 Å². The predicted molar refractivity (Wildman–Crippen MR) is 115 cm³/mol. The molecule has 0 unspecified atom stereocenters. The van der Waals surface area contributed by atoms with E-state index in [2.05, 4.69) is 15.6 Å². The Morgan fingerprint density at radius 2 is 2.00 bits per heavy atom. The first-order valence-electron chi connectivity index (χ1n) is 10.1. The number of aryl methyl sites for hydroxylation is 1. The molecule has 1 fully saturated rings. The Morgan fingerprint density at radius 3 is 2.69 bits per heavy atom. The van der Waals surface area contributed by atoms with Crippen molar-refractivity contribution in [2.24, 2.45) is 0 Å². The molecular weight excluding hydrogens is 436 g/mol. The summed E-state index contributed by atoms with van der Waals surface area (Å²) in [6.45, 7) is 2.28. The molecule has 1 aromatic heterocycles. The second kappa shape index (κ2) is 10.5. The van der Waals surface area contributed by atoms with Crippen molar-refractivity contribution < 1.29 is 27.5 Å².